The molecule has 1 aliphatic heterocycles. The van der Waals surface area contributed by atoms with E-state index in [1.165, 1.54) is 11.6 Å². The van der Waals surface area contributed by atoms with E-state index in [2.05, 4.69) is 17.4 Å². The first-order chi connectivity index (χ1) is 10.2. The number of halogens is 1. The highest BCUT2D eigenvalue weighted by atomic mass is 19.1. The van der Waals surface area contributed by atoms with Crippen LogP contribution in [0.5, 0.6) is 0 Å². The van der Waals surface area contributed by atoms with Crippen molar-refractivity contribution >= 4 is 0 Å². The van der Waals surface area contributed by atoms with Crippen LogP contribution in [0.15, 0.2) is 48.5 Å². The Morgan fingerprint density at radius 3 is 2.62 bits per heavy atom. The van der Waals surface area contributed by atoms with Crippen molar-refractivity contribution in [1.29, 1.82) is 0 Å². The molecule has 2 atom stereocenters. The van der Waals surface area contributed by atoms with Gasteiger partial charge in [0, 0.05) is 12.1 Å². The summed E-state index contributed by atoms with van der Waals surface area (Å²) < 4.78 is 13.4. The summed E-state index contributed by atoms with van der Waals surface area (Å²) in [5.74, 6) is -0.200. The number of nitrogens with one attached hydrogen (secondary N) is 1. The zero-order valence-corrected chi connectivity index (χ0v) is 12.1. The van der Waals surface area contributed by atoms with Crippen LogP contribution < -0.4 is 11.1 Å². The van der Waals surface area contributed by atoms with Gasteiger partial charge in [-0.3, -0.25) is 0 Å². The zero-order chi connectivity index (χ0) is 14.7. The molecule has 0 aromatic heterocycles. The second kappa shape index (κ2) is 6.37. The monoisotopic (exact) mass is 284 g/mol. The molecule has 3 N–H and O–H groups in total. The van der Waals surface area contributed by atoms with Gasteiger partial charge < -0.3 is 11.1 Å². The lowest BCUT2D eigenvalue weighted by molar-refractivity contribution is 0.349. The number of nitrogens with two attached hydrogens (primary N) is 1. The first kappa shape index (κ1) is 14.2. The van der Waals surface area contributed by atoms with Crippen LogP contribution in [-0.4, -0.2) is 18.6 Å². The summed E-state index contributed by atoms with van der Waals surface area (Å²) in [6.45, 7) is 1.04. The Bertz CT molecular complexity index is 612. The fourth-order valence-electron chi connectivity index (χ4n) is 3.00. The summed E-state index contributed by atoms with van der Waals surface area (Å²) in [7, 11) is 0. The van der Waals surface area contributed by atoms with Gasteiger partial charge >= 0.3 is 0 Å². The molecule has 3 heteroatoms. The highest BCUT2D eigenvalue weighted by Gasteiger charge is 2.21. The standard InChI is InChI=1S/C18H21FN2/c19-16-7-2-6-15(12-16)14-5-1-4-13(10-14)11-18-17(20)8-3-9-21-18/h1-2,4-7,10,12,17-18,21H,3,8-9,11,20H2. The molecule has 1 aliphatic rings. The molecule has 110 valence electrons. The van der Waals surface area contributed by atoms with Crippen LogP contribution in [-0.2, 0) is 6.42 Å². The number of hydrogen-bond donors (Lipinski definition) is 2. The molecular weight excluding hydrogens is 263 g/mol. The SMILES string of the molecule is NC1CCCNC1Cc1cccc(-c2cccc(F)c2)c1. The molecule has 0 aliphatic carbocycles. The molecular formula is C18H21FN2. The van der Waals surface area contributed by atoms with Crippen LogP contribution in [0.2, 0.25) is 0 Å². The molecule has 0 radical (unpaired) electrons. The van der Waals surface area contributed by atoms with Crippen molar-refractivity contribution in [3.05, 3.63) is 59.9 Å². The third-order valence-electron chi connectivity index (χ3n) is 4.18. The summed E-state index contributed by atoms with van der Waals surface area (Å²) >= 11 is 0. The third kappa shape index (κ3) is 3.49. The zero-order valence-electron chi connectivity index (χ0n) is 12.1. The molecule has 21 heavy (non-hydrogen) atoms. The van der Waals surface area contributed by atoms with E-state index in [0.29, 0.717) is 6.04 Å². The van der Waals surface area contributed by atoms with Crippen molar-refractivity contribution in [2.45, 2.75) is 31.3 Å². The Hall–Kier alpha value is -1.71. The lowest BCUT2D eigenvalue weighted by Gasteiger charge is -2.30. The first-order valence-corrected chi connectivity index (χ1v) is 7.56. The lowest BCUT2D eigenvalue weighted by Crippen LogP contribution is -2.50. The minimum Gasteiger partial charge on any atom is -0.326 e. The fraction of sp³-hybridized carbons (Fsp3) is 0.333. The van der Waals surface area contributed by atoms with Crippen molar-refractivity contribution in [1.82, 2.24) is 5.32 Å². The summed E-state index contributed by atoms with van der Waals surface area (Å²) in [6.07, 6.45) is 3.16. The quantitative estimate of drug-likeness (QED) is 0.909. The van der Waals surface area contributed by atoms with Crippen molar-refractivity contribution in [2.24, 2.45) is 5.73 Å². The Balaban J connectivity index is 1.80. The normalized spacial score (nSPS) is 22.2. The van der Waals surface area contributed by atoms with E-state index in [1.54, 1.807) is 12.1 Å². The van der Waals surface area contributed by atoms with Crippen molar-refractivity contribution in [2.75, 3.05) is 6.54 Å². The van der Waals surface area contributed by atoms with Crippen LogP contribution in [0.25, 0.3) is 11.1 Å². The summed E-state index contributed by atoms with van der Waals surface area (Å²) in [6, 6.07) is 15.6. The van der Waals surface area contributed by atoms with E-state index in [-0.39, 0.29) is 11.9 Å². The summed E-state index contributed by atoms with van der Waals surface area (Å²) in [5, 5.41) is 3.50. The van der Waals surface area contributed by atoms with E-state index in [9.17, 15) is 4.39 Å². The predicted molar refractivity (Wildman–Crippen MR) is 84.5 cm³/mol. The van der Waals surface area contributed by atoms with E-state index in [4.69, 9.17) is 5.73 Å². The lowest BCUT2D eigenvalue weighted by atomic mass is 9.92. The maximum Gasteiger partial charge on any atom is 0.123 e. The van der Waals surface area contributed by atoms with Crippen LogP contribution in [0.4, 0.5) is 4.39 Å². The predicted octanol–water partition coefficient (Wildman–Crippen LogP) is 3.11. The molecule has 1 fully saturated rings. The molecule has 0 bridgehead atoms. The second-order valence-electron chi connectivity index (χ2n) is 5.78. The van der Waals surface area contributed by atoms with Gasteiger partial charge in [0.1, 0.15) is 5.82 Å². The molecule has 0 spiro atoms. The maximum absolute atomic E-state index is 13.4. The average Bonchev–Trinajstić information content (AvgIpc) is 2.50. The van der Waals surface area contributed by atoms with Gasteiger partial charge in [0.15, 0.2) is 0 Å². The molecule has 1 heterocycles. The van der Waals surface area contributed by atoms with Gasteiger partial charge in [0.2, 0.25) is 0 Å². The fourth-order valence-corrected chi connectivity index (χ4v) is 3.00. The van der Waals surface area contributed by atoms with Crippen molar-refractivity contribution < 1.29 is 4.39 Å². The molecule has 0 saturated carbocycles. The summed E-state index contributed by atoms with van der Waals surface area (Å²) in [4.78, 5) is 0. The van der Waals surface area contributed by atoms with Gasteiger partial charge in [0.25, 0.3) is 0 Å². The third-order valence-corrected chi connectivity index (χ3v) is 4.18. The molecule has 2 aromatic carbocycles. The Morgan fingerprint density at radius 1 is 1.10 bits per heavy atom. The number of hydrogen-bond acceptors (Lipinski definition) is 2. The Labute approximate surface area is 125 Å². The average molecular weight is 284 g/mol. The topological polar surface area (TPSA) is 38.0 Å². The van der Waals surface area contributed by atoms with Gasteiger partial charge in [-0.25, -0.2) is 4.39 Å². The van der Waals surface area contributed by atoms with Crippen molar-refractivity contribution in [3.63, 3.8) is 0 Å². The van der Waals surface area contributed by atoms with Crippen LogP contribution >= 0.6 is 0 Å². The minimum absolute atomic E-state index is 0.200. The van der Waals surface area contributed by atoms with E-state index in [1.807, 2.05) is 18.2 Å². The highest BCUT2D eigenvalue weighted by molar-refractivity contribution is 5.64. The number of piperidine rings is 1. The molecule has 3 rings (SSSR count). The largest absolute Gasteiger partial charge is 0.326 e. The molecule has 2 nitrogen and oxygen atoms in total. The van der Waals surface area contributed by atoms with Crippen LogP contribution in [0, 0.1) is 5.82 Å². The number of rotatable bonds is 3. The Morgan fingerprint density at radius 2 is 1.86 bits per heavy atom. The van der Waals surface area contributed by atoms with Gasteiger partial charge in [-0.15, -0.1) is 0 Å². The molecule has 0 amide bonds. The first-order valence-electron chi connectivity index (χ1n) is 7.56. The number of benzene rings is 2. The Kier molecular flexibility index (Phi) is 4.32. The highest BCUT2D eigenvalue weighted by Crippen LogP contribution is 2.22. The van der Waals surface area contributed by atoms with E-state index >= 15 is 0 Å². The van der Waals surface area contributed by atoms with Gasteiger partial charge in [-0.1, -0.05) is 36.4 Å². The van der Waals surface area contributed by atoms with Crippen LogP contribution in [0.1, 0.15) is 18.4 Å². The molecule has 1 saturated heterocycles. The maximum atomic E-state index is 13.4. The minimum atomic E-state index is -0.200. The van der Waals surface area contributed by atoms with E-state index < -0.39 is 0 Å². The van der Waals surface area contributed by atoms with Crippen molar-refractivity contribution in [3.8, 4) is 11.1 Å². The smallest absolute Gasteiger partial charge is 0.123 e. The molecule has 2 unspecified atom stereocenters. The summed E-state index contributed by atoms with van der Waals surface area (Å²) in [5.41, 5.74) is 9.39. The molecule has 2 aromatic rings. The van der Waals surface area contributed by atoms with Crippen LogP contribution in [0.3, 0.4) is 0 Å². The van der Waals surface area contributed by atoms with E-state index in [0.717, 1.165) is 36.9 Å². The van der Waals surface area contributed by atoms with Gasteiger partial charge in [-0.05, 0) is 54.6 Å². The second-order valence-corrected chi connectivity index (χ2v) is 5.78. The van der Waals surface area contributed by atoms with Gasteiger partial charge in [-0.2, -0.15) is 0 Å². The van der Waals surface area contributed by atoms with Gasteiger partial charge in [0.05, 0.1) is 0 Å².